The van der Waals surface area contributed by atoms with E-state index in [0.717, 1.165) is 67.2 Å². The van der Waals surface area contributed by atoms with Gasteiger partial charge >= 0.3 is 0 Å². The van der Waals surface area contributed by atoms with Crippen LogP contribution in [0, 0.1) is 0 Å². The van der Waals surface area contributed by atoms with Gasteiger partial charge < -0.3 is 14.4 Å². The molecule has 2 aliphatic rings. The fraction of sp³-hybridized carbons (Fsp3) is 0. The van der Waals surface area contributed by atoms with Crippen LogP contribution in [0.4, 0.5) is 17.1 Å². The van der Waals surface area contributed by atoms with Crippen LogP contribution < -0.4 is 30.8 Å². The highest BCUT2D eigenvalue weighted by molar-refractivity contribution is 6.99. The van der Waals surface area contributed by atoms with E-state index in [1.165, 1.54) is 21.9 Å². The number of rotatable bonds is 4. The summed E-state index contributed by atoms with van der Waals surface area (Å²) < 4.78 is 13.5. The van der Waals surface area contributed by atoms with Gasteiger partial charge in [-0.05, 0) is 80.7 Å². The zero-order valence-electron chi connectivity index (χ0n) is 26.0. The van der Waals surface area contributed by atoms with E-state index in [1.807, 2.05) is 6.07 Å². The second-order valence-electron chi connectivity index (χ2n) is 12.4. The highest BCUT2D eigenvalue weighted by Gasteiger charge is 2.42. The average molecular weight is 614 g/mol. The monoisotopic (exact) mass is 613 g/mol. The van der Waals surface area contributed by atoms with E-state index < -0.39 is 0 Å². The molecule has 0 aliphatic carbocycles. The zero-order chi connectivity index (χ0) is 31.6. The van der Waals surface area contributed by atoms with Gasteiger partial charge in [0.05, 0.1) is 5.69 Å². The van der Waals surface area contributed by atoms with E-state index >= 15 is 0 Å². The van der Waals surface area contributed by atoms with Crippen molar-refractivity contribution >= 4 is 61.7 Å². The van der Waals surface area contributed by atoms with Crippen LogP contribution in [0.5, 0.6) is 23.0 Å². The van der Waals surface area contributed by atoms with Crippen molar-refractivity contribution < 1.29 is 9.47 Å². The smallest absolute Gasteiger partial charge is 0.261 e. The van der Waals surface area contributed by atoms with Crippen LogP contribution in [-0.4, -0.2) is 6.71 Å². The fourth-order valence-corrected chi connectivity index (χ4v) is 7.69. The highest BCUT2D eigenvalue weighted by atomic mass is 16.5. The lowest BCUT2D eigenvalue weighted by atomic mass is 9.34. The molecule has 0 radical (unpaired) electrons. The first kappa shape index (κ1) is 26.9. The molecule has 0 fully saturated rings. The average Bonchev–Trinajstić information content (AvgIpc) is 3.15. The van der Waals surface area contributed by atoms with E-state index in [-0.39, 0.29) is 6.71 Å². The van der Waals surface area contributed by atoms with Crippen LogP contribution in [0.1, 0.15) is 0 Å². The van der Waals surface area contributed by atoms with Crippen LogP contribution >= 0.6 is 0 Å². The van der Waals surface area contributed by atoms with Crippen molar-refractivity contribution in [3.8, 4) is 34.1 Å². The van der Waals surface area contributed by atoms with Gasteiger partial charge in [-0.25, -0.2) is 0 Å². The summed E-state index contributed by atoms with van der Waals surface area (Å²) in [6.45, 7) is -0.0699. The van der Waals surface area contributed by atoms with Gasteiger partial charge in [-0.2, -0.15) is 0 Å². The number of fused-ring (bicyclic) bond motifs is 7. The minimum absolute atomic E-state index is 0.0699. The van der Waals surface area contributed by atoms with Gasteiger partial charge in [-0.1, -0.05) is 121 Å². The Morgan fingerprint density at radius 1 is 0.417 bits per heavy atom. The predicted molar refractivity (Wildman–Crippen MR) is 199 cm³/mol. The molecule has 3 nitrogen and oxygen atoms in total. The van der Waals surface area contributed by atoms with Gasteiger partial charge in [0.15, 0.2) is 0 Å². The lowest BCUT2D eigenvalue weighted by Crippen LogP contribution is -2.57. The Kier molecular flexibility index (Phi) is 5.97. The number of anilines is 3. The molecule has 0 amide bonds. The second-order valence-corrected chi connectivity index (χ2v) is 12.4. The summed E-state index contributed by atoms with van der Waals surface area (Å²) in [4.78, 5) is 2.33. The first-order valence-corrected chi connectivity index (χ1v) is 16.4. The van der Waals surface area contributed by atoms with Gasteiger partial charge in [0.2, 0.25) is 0 Å². The Hall–Kier alpha value is -6.26. The molecule has 2 heterocycles. The maximum Gasteiger partial charge on any atom is 0.261 e. The molecule has 0 unspecified atom stereocenters. The lowest BCUT2D eigenvalue weighted by molar-refractivity contribution is 0.465. The van der Waals surface area contributed by atoms with Crippen molar-refractivity contribution in [1.29, 1.82) is 0 Å². The quantitative estimate of drug-likeness (QED) is 0.185. The summed E-state index contributed by atoms with van der Waals surface area (Å²) in [5, 5.41) is 4.79. The molecular weight excluding hydrogens is 585 g/mol. The molecule has 8 aromatic carbocycles. The highest BCUT2D eigenvalue weighted by Crippen LogP contribution is 2.44. The van der Waals surface area contributed by atoms with Crippen molar-refractivity contribution in [2.75, 3.05) is 4.90 Å². The Balaban J connectivity index is 1.24. The Bertz CT molecular complexity index is 2480. The van der Waals surface area contributed by atoms with E-state index in [4.69, 9.17) is 9.47 Å². The number of benzene rings is 8. The predicted octanol–water partition coefficient (Wildman–Crippen LogP) is 9.86. The third-order valence-electron chi connectivity index (χ3n) is 9.76. The van der Waals surface area contributed by atoms with Gasteiger partial charge in [-0.3, -0.25) is 0 Å². The van der Waals surface area contributed by atoms with Crippen molar-refractivity contribution in [3.05, 3.63) is 170 Å². The van der Waals surface area contributed by atoms with Gasteiger partial charge in [0.1, 0.15) is 23.0 Å². The molecular formula is C44H28BNO2. The third-order valence-corrected chi connectivity index (χ3v) is 9.76. The summed E-state index contributed by atoms with van der Waals surface area (Å²) in [5.74, 6) is 3.42. The van der Waals surface area contributed by atoms with Gasteiger partial charge in [-0.15, -0.1) is 0 Å². The minimum Gasteiger partial charge on any atom is -0.458 e. The summed E-state index contributed by atoms with van der Waals surface area (Å²) in [7, 11) is 0. The van der Waals surface area contributed by atoms with Crippen LogP contribution in [0.15, 0.2) is 170 Å². The molecule has 0 N–H and O–H groups in total. The third kappa shape index (κ3) is 4.09. The molecule has 8 aromatic rings. The van der Waals surface area contributed by atoms with E-state index in [1.54, 1.807) is 0 Å². The lowest BCUT2D eigenvalue weighted by Gasteiger charge is -2.35. The first-order chi connectivity index (χ1) is 23.8. The zero-order valence-corrected chi connectivity index (χ0v) is 26.0. The summed E-state index contributed by atoms with van der Waals surface area (Å²) >= 11 is 0. The van der Waals surface area contributed by atoms with E-state index in [2.05, 4.69) is 169 Å². The Labute approximate surface area is 279 Å². The molecule has 0 saturated heterocycles. The number of ether oxygens (including phenoxy) is 2. The van der Waals surface area contributed by atoms with Crippen LogP contribution in [0.2, 0.25) is 0 Å². The molecule has 0 saturated carbocycles. The number of para-hydroxylation sites is 2. The van der Waals surface area contributed by atoms with Crippen molar-refractivity contribution in [2.24, 2.45) is 0 Å². The normalized spacial score (nSPS) is 12.5. The van der Waals surface area contributed by atoms with Crippen LogP contribution in [0.25, 0.3) is 32.7 Å². The van der Waals surface area contributed by atoms with Crippen LogP contribution in [-0.2, 0) is 0 Å². The van der Waals surface area contributed by atoms with E-state index in [0.29, 0.717) is 0 Å². The van der Waals surface area contributed by atoms with E-state index in [9.17, 15) is 0 Å². The Morgan fingerprint density at radius 3 is 1.77 bits per heavy atom. The van der Waals surface area contributed by atoms with Crippen molar-refractivity contribution in [2.45, 2.75) is 0 Å². The SMILES string of the molecule is c1ccc(N(c2ccccc2)c2cc3c(c4ccccc24)B2c4cc(-c5cccc6ccccc56)ccc4Oc4cccc(c42)O3)cc1. The largest absolute Gasteiger partial charge is 0.458 e. The number of hydrogen-bond donors (Lipinski definition) is 0. The van der Waals surface area contributed by atoms with Gasteiger partial charge in [0.25, 0.3) is 6.71 Å². The van der Waals surface area contributed by atoms with Crippen LogP contribution in [0.3, 0.4) is 0 Å². The maximum atomic E-state index is 6.88. The summed E-state index contributed by atoms with van der Waals surface area (Å²) in [5.41, 5.74) is 9.01. The molecule has 224 valence electrons. The summed E-state index contributed by atoms with van der Waals surface area (Å²) in [6, 6.07) is 60.0. The molecule has 4 heteroatoms. The molecule has 2 aliphatic heterocycles. The molecule has 48 heavy (non-hydrogen) atoms. The molecule has 0 aromatic heterocycles. The minimum atomic E-state index is -0.0699. The number of hydrogen-bond acceptors (Lipinski definition) is 3. The van der Waals surface area contributed by atoms with Crippen molar-refractivity contribution in [3.63, 3.8) is 0 Å². The Morgan fingerprint density at radius 2 is 1.02 bits per heavy atom. The maximum absolute atomic E-state index is 6.88. The fourth-order valence-electron chi connectivity index (χ4n) is 7.69. The standard InChI is InChI=1S/C44H28BNO2/c1-3-15-31(16-4-1)46(32-17-5-2-6-18-32)38-28-42-43(36-21-10-9-20-35(36)38)45-37-27-30(34-22-11-14-29-13-7-8-19-33(29)34)25-26-39(37)47-40-23-12-24-41(48-42)44(40)45/h1-28H. The molecule has 0 bridgehead atoms. The molecule has 0 atom stereocenters. The van der Waals surface area contributed by atoms with Crippen molar-refractivity contribution in [1.82, 2.24) is 0 Å². The molecule has 0 spiro atoms. The summed E-state index contributed by atoms with van der Waals surface area (Å²) in [6.07, 6.45) is 0. The second kappa shape index (κ2) is 10.6. The topological polar surface area (TPSA) is 21.7 Å². The van der Waals surface area contributed by atoms with Gasteiger partial charge in [0, 0.05) is 28.3 Å². The number of nitrogens with zero attached hydrogens (tertiary/aromatic N) is 1. The molecule has 10 rings (SSSR count). The first-order valence-electron chi connectivity index (χ1n) is 16.4.